The molecule has 0 radical (unpaired) electrons. The van der Waals surface area contributed by atoms with Crippen molar-refractivity contribution in [1.82, 2.24) is 4.90 Å². The topological polar surface area (TPSA) is 38.5 Å². The van der Waals surface area contributed by atoms with Crippen LogP contribution in [0.25, 0.3) is 0 Å². The van der Waals surface area contributed by atoms with Crippen LogP contribution < -0.4 is 5.73 Å². The lowest BCUT2D eigenvalue weighted by Crippen LogP contribution is -2.40. The average Bonchev–Trinajstić information content (AvgIpc) is 2.50. The first-order valence-corrected chi connectivity index (χ1v) is 8.29. The summed E-state index contributed by atoms with van der Waals surface area (Å²) in [5.74, 6) is 0. The molecule has 0 spiro atoms. The number of hydrogen-bond acceptors (Lipinski definition) is 3. The normalized spacial score (nSPS) is 22.7. The summed E-state index contributed by atoms with van der Waals surface area (Å²) in [6.07, 6.45) is 6.07. The first-order valence-electron chi connectivity index (χ1n) is 8.29. The van der Waals surface area contributed by atoms with Gasteiger partial charge in [0.2, 0.25) is 0 Å². The van der Waals surface area contributed by atoms with Gasteiger partial charge in [-0.2, -0.15) is 0 Å². The molecule has 1 aliphatic carbocycles. The molecular weight excluding hydrogens is 260 g/mol. The third kappa shape index (κ3) is 5.10. The molecule has 0 amide bonds. The van der Waals surface area contributed by atoms with Crippen LogP contribution >= 0.6 is 0 Å². The summed E-state index contributed by atoms with van der Waals surface area (Å²) in [5, 5.41) is 0. The van der Waals surface area contributed by atoms with Gasteiger partial charge in [-0.15, -0.1) is 0 Å². The van der Waals surface area contributed by atoms with E-state index >= 15 is 0 Å². The van der Waals surface area contributed by atoms with Crippen molar-refractivity contribution in [2.45, 2.75) is 64.3 Å². The number of benzene rings is 1. The number of nitrogens with zero attached hydrogens (tertiary/aromatic N) is 1. The Labute approximate surface area is 129 Å². The monoisotopic (exact) mass is 290 g/mol. The lowest BCUT2D eigenvalue weighted by molar-refractivity contribution is 0.142. The Morgan fingerprint density at radius 1 is 1.10 bits per heavy atom. The second-order valence-electron chi connectivity index (χ2n) is 6.29. The molecule has 3 nitrogen and oxygen atoms in total. The summed E-state index contributed by atoms with van der Waals surface area (Å²) in [4.78, 5) is 2.65. The zero-order valence-electron chi connectivity index (χ0n) is 13.6. The quantitative estimate of drug-likeness (QED) is 0.837. The van der Waals surface area contributed by atoms with Gasteiger partial charge < -0.3 is 10.5 Å². The van der Waals surface area contributed by atoms with Gasteiger partial charge in [0, 0.05) is 25.7 Å². The Hall–Kier alpha value is -0.900. The van der Waals surface area contributed by atoms with Crippen molar-refractivity contribution in [1.29, 1.82) is 0 Å². The Balaban J connectivity index is 1.95. The van der Waals surface area contributed by atoms with Gasteiger partial charge in [0.1, 0.15) is 0 Å². The van der Waals surface area contributed by atoms with Crippen LogP contribution in [0.4, 0.5) is 0 Å². The highest BCUT2D eigenvalue weighted by atomic mass is 16.5. The molecule has 2 rings (SSSR count). The minimum Gasteiger partial charge on any atom is -0.380 e. The van der Waals surface area contributed by atoms with Crippen molar-refractivity contribution in [2.75, 3.05) is 13.7 Å². The molecule has 0 saturated heterocycles. The van der Waals surface area contributed by atoms with E-state index in [-0.39, 0.29) is 0 Å². The highest BCUT2D eigenvalue weighted by Crippen LogP contribution is 2.24. The maximum Gasteiger partial charge on any atom is 0.0713 e. The molecule has 1 saturated carbocycles. The van der Waals surface area contributed by atoms with Gasteiger partial charge >= 0.3 is 0 Å². The lowest BCUT2D eigenvalue weighted by Gasteiger charge is -2.36. The standard InChI is InChI=1S/C18H30N2O/c1-3-12-20(18-10-8-17(19)9-11-18)13-15-4-6-16(7-5-15)14-21-2/h4-7,17-18H,3,8-14,19H2,1-2H3. The molecule has 1 aromatic rings. The maximum absolute atomic E-state index is 6.04. The first-order chi connectivity index (χ1) is 10.2. The minimum absolute atomic E-state index is 0.429. The van der Waals surface area contributed by atoms with Crippen LogP contribution in [-0.2, 0) is 17.9 Å². The average molecular weight is 290 g/mol. The third-order valence-corrected chi connectivity index (χ3v) is 4.49. The van der Waals surface area contributed by atoms with Crippen LogP contribution in [0.2, 0.25) is 0 Å². The Bertz CT molecular complexity index is 396. The summed E-state index contributed by atoms with van der Waals surface area (Å²) >= 11 is 0. The van der Waals surface area contributed by atoms with Gasteiger partial charge in [-0.3, -0.25) is 4.90 Å². The molecule has 0 unspecified atom stereocenters. The fraction of sp³-hybridized carbons (Fsp3) is 0.667. The largest absolute Gasteiger partial charge is 0.380 e. The number of ether oxygens (including phenoxy) is 1. The van der Waals surface area contributed by atoms with Crippen molar-refractivity contribution in [3.63, 3.8) is 0 Å². The van der Waals surface area contributed by atoms with Crippen LogP contribution in [0.1, 0.15) is 50.2 Å². The SMILES string of the molecule is CCCN(Cc1ccc(COC)cc1)C1CCC(N)CC1. The van der Waals surface area contributed by atoms with Crippen LogP contribution in [-0.4, -0.2) is 30.6 Å². The van der Waals surface area contributed by atoms with Crippen molar-refractivity contribution < 1.29 is 4.74 Å². The predicted octanol–water partition coefficient (Wildman–Crippen LogP) is 3.31. The van der Waals surface area contributed by atoms with E-state index in [0.717, 1.165) is 6.54 Å². The lowest BCUT2D eigenvalue weighted by atomic mass is 9.90. The van der Waals surface area contributed by atoms with Gasteiger partial charge in [-0.05, 0) is 49.8 Å². The summed E-state index contributed by atoms with van der Waals surface area (Å²) in [6, 6.07) is 9.98. The van der Waals surface area contributed by atoms with E-state index < -0.39 is 0 Å². The van der Waals surface area contributed by atoms with Gasteiger partial charge in [-0.1, -0.05) is 31.2 Å². The van der Waals surface area contributed by atoms with Crippen molar-refractivity contribution in [3.05, 3.63) is 35.4 Å². The van der Waals surface area contributed by atoms with Crippen LogP contribution in [0, 0.1) is 0 Å². The first kappa shape index (κ1) is 16.5. The second kappa shape index (κ2) is 8.52. The van der Waals surface area contributed by atoms with E-state index in [1.807, 2.05) is 0 Å². The Morgan fingerprint density at radius 2 is 1.71 bits per heavy atom. The summed E-state index contributed by atoms with van der Waals surface area (Å²) in [5.41, 5.74) is 8.68. The minimum atomic E-state index is 0.429. The van der Waals surface area contributed by atoms with E-state index in [1.165, 1.54) is 49.8 Å². The van der Waals surface area contributed by atoms with Gasteiger partial charge in [0.05, 0.1) is 6.61 Å². The highest BCUT2D eigenvalue weighted by Gasteiger charge is 2.23. The van der Waals surface area contributed by atoms with E-state index in [9.17, 15) is 0 Å². The highest BCUT2D eigenvalue weighted by molar-refractivity contribution is 5.22. The molecule has 21 heavy (non-hydrogen) atoms. The van der Waals surface area contributed by atoms with Gasteiger partial charge in [0.25, 0.3) is 0 Å². The molecule has 0 aliphatic heterocycles. The van der Waals surface area contributed by atoms with E-state index in [2.05, 4.69) is 36.1 Å². The molecule has 2 N–H and O–H groups in total. The zero-order chi connectivity index (χ0) is 15.1. The van der Waals surface area contributed by atoms with Crippen LogP contribution in [0.15, 0.2) is 24.3 Å². The second-order valence-corrected chi connectivity index (χ2v) is 6.29. The molecular formula is C18H30N2O. The molecule has 1 fully saturated rings. The maximum atomic E-state index is 6.04. The predicted molar refractivity (Wildman–Crippen MR) is 88.1 cm³/mol. The third-order valence-electron chi connectivity index (χ3n) is 4.49. The Morgan fingerprint density at radius 3 is 2.29 bits per heavy atom. The molecule has 1 aliphatic rings. The van der Waals surface area contributed by atoms with Crippen molar-refractivity contribution >= 4 is 0 Å². The zero-order valence-corrected chi connectivity index (χ0v) is 13.6. The Kier molecular flexibility index (Phi) is 6.68. The summed E-state index contributed by atoms with van der Waals surface area (Å²) in [7, 11) is 1.74. The number of methoxy groups -OCH3 is 1. The summed E-state index contributed by atoms with van der Waals surface area (Å²) < 4.78 is 5.17. The number of rotatable bonds is 7. The molecule has 0 aromatic heterocycles. The smallest absolute Gasteiger partial charge is 0.0713 e. The molecule has 3 heteroatoms. The molecule has 118 valence electrons. The van der Waals surface area contributed by atoms with Crippen molar-refractivity contribution in [3.8, 4) is 0 Å². The van der Waals surface area contributed by atoms with E-state index in [1.54, 1.807) is 7.11 Å². The molecule has 0 bridgehead atoms. The van der Waals surface area contributed by atoms with Gasteiger partial charge in [-0.25, -0.2) is 0 Å². The van der Waals surface area contributed by atoms with Crippen molar-refractivity contribution in [2.24, 2.45) is 5.73 Å². The number of nitrogens with two attached hydrogens (primary N) is 1. The molecule has 0 heterocycles. The number of hydrogen-bond donors (Lipinski definition) is 1. The van der Waals surface area contributed by atoms with Gasteiger partial charge in [0.15, 0.2) is 0 Å². The van der Waals surface area contributed by atoms with E-state index in [4.69, 9.17) is 10.5 Å². The molecule has 1 aromatic carbocycles. The van der Waals surface area contributed by atoms with Crippen LogP contribution in [0.5, 0.6) is 0 Å². The van der Waals surface area contributed by atoms with Crippen LogP contribution in [0.3, 0.4) is 0 Å². The molecule has 0 atom stereocenters. The summed E-state index contributed by atoms with van der Waals surface area (Å²) in [6.45, 7) is 5.20. The van der Waals surface area contributed by atoms with E-state index in [0.29, 0.717) is 18.7 Å². The fourth-order valence-corrected chi connectivity index (χ4v) is 3.29. The fourth-order valence-electron chi connectivity index (χ4n) is 3.29.